The fourth-order valence-corrected chi connectivity index (χ4v) is 4.57. The molecule has 0 aromatic heterocycles. The molecule has 2 aromatic carbocycles. The molecule has 4 heteroatoms. The molecule has 176 valence electrons. The largest absolute Gasteiger partial charge is 0.494 e. The zero-order chi connectivity index (χ0) is 24.1. The maximum Gasteiger partial charge on any atom is 0.326 e. The minimum Gasteiger partial charge on any atom is -0.494 e. The van der Waals surface area contributed by atoms with Gasteiger partial charge in [0, 0.05) is 11.8 Å². The highest BCUT2D eigenvalue weighted by Crippen LogP contribution is 2.55. The maximum absolute atomic E-state index is 11.7. The molecule has 0 spiro atoms. The minimum atomic E-state index is -1.61. The van der Waals surface area contributed by atoms with Crippen LogP contribution in [0.1, 0.15) is 56.7 Å². The number of fused-ring (bicyclic) bond motifs is 1. The minimum absolute atomic E-state index is 0.673. The Morgan fingerprint density at radius 2 is 1.97 bits per heavy atom. The molecule has 4 rings (SSSR count). The molecule has 0 saturated heterocycles. The quantitative estimate of drug-likeness (QED) is 0.258. The van der Waals surface area contributed by atoms with Crippen molar-refractivity contribution < 1.29 is 14.6 Å². The molecule has 4 nitrogen and oxygen atoms in total. The van der Waals surface area contributed by atoms with E-state index in [0.717, 1.165) is 47.4 Å². The number of ether oxygens (including phenoxy) is 2. The summed E-state index contributed by atoms with van der Waals surface area (Å²) in [4.78, 5) is 1.77. The Labute approximate surface area is 202 Å². The second kappa shape index (κ2) is 10.2. The number of benzene rings is 2. The number of nitrogens with zero attached hydrogens (tertiary/aromatic N) is 1. The Bertz CT molecular complexity index is 1190. The summed E-state index contributed by atoms with van der Waals surface area (Å²) in [6.07, 6.45) is 17.1. The van der Waals surface area contributed by atoms with E-state index in [-0.39, 0.29) is 0 Å². The molecule has 1 aliphatic carbocycles. The smallest absolute Gasteiger partial charge is 0.326 e. The van der Waals surface area contributed by atoms with Gasteiger partial charge >= 0.3 is 5.91 Å². The molecule has 1 N–H and O–H groups in total. The van der Waals surface area contributed by atoms with Crippen molar-refractivity contribution in [2.75, 3.05) is 12.0 Å². The summed E-state index contributed by atoms with van der Waals surface area (Å²) in [7, 11) is 1.68. The van der Waals surface area contributed by atoms with Crippen molar-refractivity contribution in [3.05, 3.63) is 108 Å². The third-order valence-corrected chi connectivity index (χ3v) is 6.23. The van der Waals surface area contributed by atoms with E-state index in [1.54, 1.807) is 12.0 Å². The lowest BCUT2D eigenvalue weighted by Gasteiger charge is -2.49. The first-order chi connectivity index (χ1) is 16.5. The van der Waals surface area contributed by atoms with Gasteiger partial charge in [-0.2, -0.15) is 0 Å². The third-order valence-electron chi connectivity index (χ3n) is 6.23. The lowest BCUT2D eigenvalue weighted by atomic mass is 9.89. The van der Waals surface area contributed by atoms with Crippen molar-refractivity contribution in [3.63, 3.8) is 0 Å². The van der Waals surface area contributed by atoms with Gasteiger partial charge in [-0.3, -0.25) is 4.90 Å². The second-order valence-electron chi connectivity index (χ2n) is 8.43. The summed E-state index contributed by atoms with van der Waals surface area (Å²) in [5, 5.41) is 11.7. The molecule has 0 fully saturated rings. The zero-order valence-corrected chi connectivity index (χ0v) is 20.4. The second-order valence-corrected chi connectivity index (χ2v) is 8.43. The van der Waals surface area contributed by atoms with E-state index in [4.69, 9.17) is 9.47 Å². The highest BCUT2D eigenvalue weighted by Gasteiger charge is 2.53. The average Bonchev–Trinajstić information content (AvgIpc) is 2.87. The lowest BCUT2D eigenvalue weighted by Crippen LogP contribution is -2.54. The van der Waals surface area contributed by atoms with Crippen LogP contribution in [0.3, 0.4) is 0 Å². The van der Waals surface area contributed by atoms with Gasteiger partial charge in [0.15, 0.2) is 5.75 Å². The highest BCUT2D eigenvalue weighted by atomic mass is 16.7. The number of allylic oxidation sites excluding steroid dienone is 9. The SMILES string of the molecule is C/C=C(\C=C/N1c2c(ccc(C3=CC=CCC3)c2OC)C1(O)O/C(C)=C\CC)c1ccccc1. The van der Waals surface area contributed by atoms with E-state index in [1.807, 2.05) is 69.5 Å². The van der Waals surface area contributed by atoms with Crippen LogP contribution in [0.2, 0.25) is 0 Å². The van der Waals surface area contributed by atoms with Crippen molar-refractivity contribution in [2.45, 2.75) is 45.9 Å². The molecule has 0 saturated carbocycles. The van der Waals surface area contributed by atoms with Crippen molar-refractivity contribution in [1.82, 2.24) is 0 Å². The molecule has 1 aliphatic heterocycles. The molecule has 2 aromatic rings. The average molecular weight is 456 g/mol. The number of rotatable bonds is 8. The van der Waals surface area contributed by atoms with Crippen LogP contribution in [0, 0.1) is 0 Å². The van der Waals surface area contributed by atoms with Crippen LogP contribution >= 0.6 is 0 Å². The van der Waals surface area contributed by atoms with Crippen molar-refractivity contribution >= 4 is 16.8 Å². The fraction of sp³-hybridized carbons (Fsp3) is 0.267. The number of hydrogen-bond donors (Lipinski definition) is 1. The first kappa shape index (κ1) is 23.7. The Balaban J connectivity index is 1.80. The Morgan fingerprint density at radius 1 is 1.18 bits per heavy atom. The van der Waals surface area contributed by atoms with Crippen LogP contribution in [0.15, 0.2) is 90.9 Å². The summed E-state index contributed by atoms with van der Waals surface area (Å²) in [6, 6.07) is 14.2. The summed E-state index contributed by atoms with van der Waals surface area (Å²) < 4.78 is 12.0. The van der Waals surface area contributed by atoms with Gasteiger partial charge in [-0.1, -0.05) is 67.6 Å². The van der Waals surface area contributed by atoms with Gasteiger partial charge in [-0.25, -0.2) is 0 Å². The van der Waals surface area contributed by atoms with Crippen LogP contribution in [-0.4, -0.2) is 12.2 Å². The van der Waals surface area contributed by atoms with Gasteiger partial charge in [0.05, 0.1) is 18.4 Å². The Hall–Kier alpha value is -3.50. The van der Waals surface area contributed by atoms with Gasteiger partial charge in [0.2, 0.25) is 0 Å². The predicted molar refractivity (Wildman–Crippen MR) is 140 cm³/mol. The van der Waals surface area contributed by atoms with E-state index in [2.05, 4.69) is 36.4 Å². The van der Waals surface area contributed by atoms with Crippen LogP contribution < -0.4 is 9.64 Å². The number of aliphatic hydroxyl groups is 1. The summed E-state index contributed by atoms with van der Waals surface area (Å²) in [5.41, 5.74) is 5.93. The fourth-order valence-electron chi connectivity index (χ4n) is 4.57. The van der Waals surface area contributed by atoms with Gasteiger partial charge in [-0.15, -0.1) is 0 Å². The molecule has 0 radical (unpaired) electrons. The lowest BCUT2D eigenvalue weighted by molar-refractivity contribution is -0.194. The molecule has 0 bridgehead atoms. The van der Waals surface area contributed by atoms with E-state index in [1.165, 1.54) is 5.57 Å². The number of anilines is 1. The maximum atomic E-state index is 11.7. The van der Waals surface area contributed by atoms with Crippen LogP contribution in [0.4, 0.5) is 5.69 Å². The molecular formula is C30H33NO3. The molecule has 1 unspecified atom stereocenters. The van der Waals surface area contributed by atoms with E-state index >= 15 is 0 Å². The standard InChI is InChI=1S/C30H33NO3/c1-5-13-22(3)34-30(32)27-19-18-26(25-16-11-8-12-17-25)29(33-4)28(27)31(30)21-20-23(6-2)24-14-9-7-10-15-24/h6-11,13-16,18-21,32H,5,12,17H2,1-4H3/b21-20-,22-13-,23-6+. The first-order valence-electron chi connectivity index (χ1n) is 11.9. The normalized spacial score (nSPS) is 20.1. The van der Waals surface area contributed by atoms with Crippen molar-refractivity contribution in [1.29, 1.82) is 0 Å². The van der Waals surface area contributed by atoms with Gasteiger partial charge in [0.25, 0.3) is 0 Å². The number of hydrogen-bond acceptors (Lipinski definition) is 4. The summed E-state index contributed by atoms with van der Waals surface area (Å²) in [6.45, 7) is 5.92. The first-order valence-corrected chi connectivity index (χ1v) is 11.9. The molecule has 34 heavy (non-hydrogen) atoms. The Morgan fingerprint density at radius 3 is 2.62 bits per heavy atom. The number of methoxy groups -OCH3 is 1. The molecule has 1 heterocycles. The van der Waals surface area contributed by atoms with Crippen molar-refractivity contribution in [3.8, 4) is 5.75 Å². The van der Waals surface area contributed by atoms with Crippen LogP contribution in [-0.2, 0) is 10.6 Å². The molecule has 0 amide bonds. The Kier molecular flexibility index (Phi) is 7.09. The van der Waals surface area contributed by atoms with Gasteiger partial charge < -0.3 is 14.6 Å². The molecule has 2 aliphatic rings. The van der Waals surface area contributed by atoms with Gasteiger partial charge in [0.1, 0.15) is 5.69 Å². The van der Waals surface area contributed by atoms with E-state index in [0.29, 0.717) is 11.3 Å². The third kappa shape index (κ3) is 4.34. The van der Waals surface area contributed by atoms with Gasteiger partial charge in [-0.05, 0) is 68.0 Å². The van der Waals surface area contributed by atoms with Crippen LogP contribution in [0.25, 0.3) is 11.1 Å². The molecule has 1 atom stereocenters. The summed E-state index contributed by atoms with van der Waals surface area (Å²) in [5.74, 6) is -0.188. The van der Waals surface area contributed by atoms with E-state index in [9.17, 15) is 5.11 Å². The van der Waals surface area contributed by atoms with Crippen LogP contribution in [0.5, 0.6) is 5.75 Å². The predicted octanol–water partition coefficient (Wildman–Crippen LogP) is 7.30. The topological polar surface area (TPSA) is 41.9 Å². The van der Waals surface area contributed by atoms with E-state index < -0.39 is 5.91 Å². The highest BCUT2D eigenvalue weighted by molar-refractivity contribution is 5.86. The zero-order valence-electron chi connectivity index (χ0n) is 20.4. The molecular weight excluding hydrogens is 422 g/mol. The monoisotopic (exact) mass is 455 g/mol. The van der Waals surface area contributed by atoms with Crippen molar-refractivity contribution in [2.24, 2.45) is 0 Å². The summed E-state index contributed by atoms with van der Waals surface area (Å²) >= 11 is 0.